The Morgan fingerprint density at radius 1 is 1.47 bits per heavy atom. The van der Waals surface area contributed by atoms with Crippen LogP contribution in [-0.2, 0) is 13.5 Å². The van der Waals surface area contributed by atoms with Gasteiger partial charge in [-0.3, -0.25) is 4.98 Å². The zero-order valence-electron chi connectivity index (χ0n) is 8.67. The van der Waals surface area contributed by atoms with Crippen molar-refractivity contribution >= 4 is 0 Å². The molecule has 0 bridgehead atoms. The molecule has 0 radical (unpaired) electrons. The molecule has 0 fully saturated rings. The standard InChI is InChI=1S/C11H14N4/c1-15-8-13-7-11(15)10(12)6-9-4-2-3-5-14-9/h2-5,7-8,10H,6,12H2,1H3. The Labute approximate surface area is 88.8 Å². The Morgan fingerprint density at radius 2 is 2.33 bits per heavy atom. The second-order valence-corrected chi connectivity index (χ2v) is 3.56. The van der Waals surface area contributed by atoms with E-state index in [0.29, 0.717) is 0 Å². The number of hydrogen-bond acceptors (Lipinski definition) is 3. The van der Waals surface area contributed by atoms with Crippen LogP contribution in [0.4, 0.5) is 0 Å². The van der Waals surface area contributed by atoms with E-state index >= 15 is 0 Å². The molecule has 0 saturated heterocycles. The smallest absolute Gasteiger partial charge is 0.0946 e. The number of aromatic nitrogens is 3. The number of rotatable bonds is 3. The zero-order valence-corrected chi connectivity index (χ0v) is 8.67. The SMILES string of the molecule is Cn1cncc1C(N)Cc1ccccn1. The fourth-order valence-electron chi connectivity index (χ4n) is 1.57. The van der Waals surface area contributed by atoms with Crippen molar-refractivity contribution < 1.29 is 0 Å². The van der Waals surface area contributed by atoms with Crippen LogP contribution in [0, 0.1) is 0 Å². The van der Waals surface area contributed by atoms with Gasteiger partial charge in [0.15, 0.2) is 0 Å². The summed E-state index contributed by atoms with van der Waals surface area (Å²) in [4.78, 5) is 8.30. The van der Waals surface area contributed by atoms with E-state index < -0.39 is 0 Å². The van der Waals surface area contributed by atoms with Crippen LogP contribution in [0.15, 0.2) is 36.9 Å². The predicted octanol–water partition coefficient (Wildman–Crippen LogP) is 1.06. The molecule has 0 spiro atoms. The Hall–Kier alpha value is -1.68. The molecule has 78 valence electrons. The highest BCUT2D eigenvalue weighted by Gasteiger charge is 2.10. The van der Waals surface area contributed by atoms with Crippen LogP contribution in [-0.4, -0.2) is 14.5 Å². The molecule has 1 atom stereocenters. The summed E-state index contributed by atoms with van der Waals surface area (Å²) in [5.41, 5.74) is 8.11. The van der Waals surface area contributed by atoms with Crippen molar-refractivity contribution in [1.82, 2.24) is 14.5 Å². The highest BCUT2D eigenvalue weighted by molar-refractivity contribution is 5.11. The first kappa shape index (κ1) is 9.86. The number of aryl methyl sites for hydroxylation is 1. The van der Waals surface area contributed by atoms with Crippen molar-refractivity contribution in [1.29, 1.82) is 0 Å². The molecule has 0 aliphatic heterocycles. The maximum Gasteiger partial charge on any atom is 0.0946 e. The molecule has 4 heteroatoms. The van der Waals surface area contributed by atoms with Gasteiger partial charge in [0.2, 0.25) is 0 Å². The van der Waals surface area contributed by atoms with Gasteiger partial charge in [-0.1, -0.05) is 6.07 Å². The maximum atomic E-state index is 6.07. The number of nitrogens with zero attached hydrogens (tertiary/aromatic N) is 3. The Kier molecular flexibility index (Phi) is 2.78. The summed E-state index contributed by atoms with van der Waals surface area (Å²) in [5, 5.41) is 0. The molecule has 2 rings (SSSR count). The van der Waals surface area contributed by atoms with Gasteiger partial charge in [-0.15, -0.1) is 0 Å². The lowest BCUT2D eigenvalue weighted by molar-refractivity contribution is 0.646. The third-order valence-electron chi connectivity index (χ3n) is 2.39. The van der Waals surface area contributed by atoms with Crippen molar-refractivity contribution in [2.75, 3.05) is 0 Å². The van der Waals surface area contributed by atoms with E-state index in [2.05, 4.69) is 9.97 Å². The molecular formula is C11H14N4. The normalized spacial score (nSPS) is 12.7. The van der Waals surface area contributed by atoms with E-state index in [1.165, 1.54) is 0 Å². The minimum atomic E-state index is -0.0487. The number of hydrogen-bond donors (Lipinski definition) is 1. The van der Waals surface area contributed by atoms with E-state index in [-0.39, 0.29) is 6.04 Å². The average molecular weight is 202 g/mol. The van der Waals surface area contributed by atoms with Crippen LogP contribution in [0.2, 0.25) is 0 Å². The molecule has 0 amide bonds. The van der Waals surface area contributed by atoms with Gasteiger partial charge in [0.1, 0.15) is 0 Å². The summed E-state index contributed by atoms with van der Waals surface area (Å²) >= 11 is 0. The minimum absolute atomic E-state index is 0.0487. The Bertz CT molecular complexity index is 421. The molecular weight excluding hydrogens is 188 g/mol. The zero-order chi connectivity index (χ0) is 10.7. The second-order valence-electron chi connectivity index (χ2n) is 3.56. The van der Waals surface area contributed by atoms with Crippen LogP contribution in [0.3, 0.4) is 0 Å². The first-order valence-electron chi connectivity index (χ1n) is 4.89. The molecule has 1 unspecified atom stereocenters. The third-order valence-corrected chi connectivity index (χ3v) is 2.39. The molecule has 2 aromatic rings. The first-order valence-corrected chi connectivity index (χ1v) is 4.89. The van der Waals surface area contributed by atoms with Crippen LogP contribution < -0.4 is 5.73 Å². The second kappa shape index (κ2) is 4.23. The average Bonchev–Trinajstić information content (AvgIpc) is 2.66. The maximum absolute atomic E-state index is 6.07. The first-order chi connectivity index (χ1) is 7.27. The molecule has 0 aromatic carbocycles. The van der Waals surface area contributed by atoms with E-state index in [4.69, 9.17) is 5.73 Å². The molecule has 4 nitrogen and oxygen atoms in total. The quantitative estimate of drug-likeness (QED) is 0.809. The Morgan fingerprint density at radius 3 is 2.93 bits per heavy atom. The molecule has 15 heavy (non-hydrogen) atoms. The van der Waals surface area contributed by atoms with Crippen molar-refractivity contribution in [3.8, 4) is 0 Å². The summed E-state index contributed by atoms with van der Waals surface area (Å²) in [6, 6.07) is 5.81. The van der Waals surface area contributed by atoms with Crippen molar-refractivity contribution in [2.45, 2.75) is 12.5 Å². The van der Waals surface area contributed by atoms with Crippen molar-refractivity contribution in [3.63, 3.8) is 0 Å². The fourth-order valence-corrected chi connectivity index (χ4v) is 1.57. The van der Waals surface area contributed by atoms with Gasteiger partial charge in [-0.05, 0) is 12.1 Å². The van der Waals surface area contributed by atoms with Crippen LogP contribution in [0.5, 0.6) is 0 Å². The predicted molar refractivity (Wildman–Crippen MR) is 58.1 cm³/mol. The van der Waals surface area contributed by atoms with E-state index in [1.807, 2.05) is 29.8 Å². The van der Waals surface area contributed by atoms with Crippen molar-refractivity contribution in [3.05, 3.63) is 48.3 Å². The number of imidazole rings is 1. The summed E-state index contributed by atoms with van der Waals surface area (Å²) in [6.07, 6.45) is 6.08. The summed E-state index contributed by atoms with van der Waals surface area (Å²) in [7, 11) is 1.95. The largest absolute Gasteiger partial charge is 0.336 e. The summed E-state index contributed by atoms with van der Waals surface area (Å²) in [6.45, 7) is 0. The van der Waals surface area contributed by atoms with Gasteiger partial charge in [0, 0.05) is 31.6 Å². The van der Waals surface area contributed by atoms with E-state index in [1.54, 1.807) is 18.7 Å². The van der Waals surface area contributed by atoms with Crippen LogP contribution in [0.25, 0.3) is 0 Å². The van der Waals surface area contributed by atoms with Crippen molar-refractivity contribution in [2.24, 2.45) is 12.8 Å². The third kappa shape index (κ3) is 2.22. The molecule has 0 aliphatic rings. The van der Waals surface area contributed by atoms with Gasteiger partial charge < -0.3 is 10.3 Å². The van der Waals surface area contributed by atoms with Crippen LogP contribution in [0.1, 0.15) is 17.4 Å². The summed E-state index contributed by atoms with van der Waals surface area (Å²) in [5.74, 6) is 0. The van der Waals surface area contributed by atoms with E-state index in [0.717, 1.165) is 17.8 Å². The Balaban J connectivity index is 2.11. The molecule has 2 N–H and O–H groups in total. The van der Waals surface area contributed by atoms with Gasteiger partial charge in [-0.25, -0.2) is 4.98 Å². The molecule has 2 aromatic heterocycles. The molecule has 0 saturated carbocycles. The van der Waals surface area contributed by atoms with Gasteiger partial charge >= 0.3 is 0 Å². The lowest BCUT2D eigenvalue weighted by Crippen LogP contribution is -2.16. The fraction of sp³-hybridized carbons (Fsp3) is 0.273. The van der Waals surface area contributed by atoms with Crippen LogP contribution >= 0.6 is 0 Å². The summed E-state index contributed by atoms with van der Waals surface area (Å²) < 4.78 is 1.94. The molecule has 2 heterocycles. The highest BCUT2D eigenvalue weighted by Crippen LogP contribution is 2.13. The number of nitrogens with two attached hydrogens (primary N) is 1. The van der Waals surface area contributed by atoms with Gasteiger partial charge in [0.05, 0.1) is 18.1 Å². The molecule has 0 aliphatic carbocycles. The topological polar surface area (TPSA) is 56.7 Å². The lowest BCUT2D eigenvalue weighted by atomic mass is 10.1. The highest BCUT2D eigenvalue weighted by atomic mass is 15.0. The number of pyridine rings is 1. The van der Waals surface area contributed by atoms with Gasteiger partial charge in [0.25, 0.3) is 0 Å². The minimum Gasteiger partial charge on any atom is -0.336 e. The van der Waals surface area contributed by atoms with E-state index in [9.17, 15) is 0 Å². The lowest BCUT2D eigenvalue weighted by Gasteiger charge is -2.11. The van der Waals surface area contributed by atoms with Gasteiger partial charge in [-0.2, -0.15) is 0 Å². The monoisotopic (exact) mass is 202 g/mol.